The number of anilines is 1. The molecule has 3 aromatic rings. The molecule has 0 saturated carbocycles. The second-order valence-corrected chi connectivity index (χ2v) is 6.69. The number of carbonyl (C=O) groups is 3. The summed E-state index contributed by atoms with van der Waals surface area (Å²) in [5.41, 5.74) is 1.19. The number of hydrogen-bond donors (Lipinski definition) is 2. The summed E-state index contributed by atoms with van der Waals surface area (Å²) in [6.45, 7) is 0. The number of aromatic carboxylic acids is 1. The van der Waals surface area contributed by atoms with Crippen LogP contribution in [0, 0.1) is 11.3 Å². The van der Waals surface area contributed by atoms with E-state index in [4.69, 9.17) is 14.6 Å². The van der Waals surface area contributed by atoms with Gasteiger partial charge >= 0.3 is 11.9 Å². The van der Waals surface area contributed by atoms with Crippen LogP contribution in [0.1, 0.15) is 26.3 Å². The van der Waals surface area contributed by atoms with Crippen LogP contribution in [-0.2, 0) is 4.79 Å². The second-order valence-electron chi connectivity index (χ2n) is 6.69. The molecule has 0 bridgehead atoms. The average molecular weight is 442 g/mol. The number of rotatable bonds is 7. The van der Waals surface area contributed by atoms with E-state index in [1.807, 2.05) is 6.07 Å². The Kier molecular flexibility index (Phi) is 7.19. The third-order valence-corrected chi connectivity index (χ3v) is 4.48. The molecule has 0 heterocycles. The minimum atomic E-state index is -1.08. The van der Waals surface area contributed by atoms with Crippen LogP contribution in [0.5, 0.6) is 11.5 Å². The number of nitriles is 1. The number of ether oxygens (including phenoxy) is 2. The number of benzene rings is 3. The summed E-state index contributed by atoms with van der Waals surface area (Å²) in [5, 5.41) is 20.8. The van der Waals surface area contributed by atoms with Crippen LogP contribution in [0.2, 0.25) is 0 Å². The van der Waals surface area contributed by atoms with Crippen molar-refractivity contribution in [2.45, 2.75) is 0 Å². The molecule has 2 N–H and O–H groups in total. The molecule has 0 radical (unpaired) electrons. The third kappa shape index (κ3) is 6.06. The van der Waals surface area contributed by atoms with Gasteiger partial charge in [-0.1, -0.05) is 12.1 Å². The molecule has 0 fully saturated rings. The van der Waals surface area contributed by atoms with Crippen molar-refractivity contribution in [3.63, 3.8) is 0 Å². The van der Waals surface area contributed by atoms with E-state index in [1.165, 1.54) is 37.5 Å². The van der Waals surface area contributed by atoms with Crippen molar-refractivity contribution in [2.24, 2.45) is 0 Å². The summed E-state index contributed by atoms with van der Waals surface area (Å²) >= 11 is 0. The molecule has 0 spiro atoms. The normalized spacial score (nSPS) is 10.6. The van der Waals surface area contributed by atoms with Gasteiger partial charge < -0.3 is 19.9 Å². The Morgan fingerprint density at radius 3 is 2.00 bits per heavy atom. The van der Waals surface area contributed by atoms with Crippen LogP contribution in [0.3, 0.4) is 0 Å². The molecule has 0 aliphatic rings. The van der Waals surface area contributed by atoms with Crippen molar-refractivity contribution in [1.82, 2.24) is 0 Å². The third-order valence-electron chi connectivity index (χ3n) is 4.48. The molecule has 0 saturated heterocycles. The topological polar surface area (TPSA) is 126 Å². The van der Waals surface area contributed by atoms with Crippen molar-refractivity contribution in [3.05, 3.63) is 95.1 Å². The summed E-state index contributed by atoms with van der Waals surface area (Å²) in [7, 11) is 1.53. The first-order valence-electron chi connectivity index (χ1n) is 9.62. The number of hydrogen-bond acceptors (Lipinski definition) is 6. The van der Waals surface area contributed by atoms with Crippen molar-refractivity contribution in [2.75, 3.05) is 12.4 Å². The lowest BCUT2D eigenvalue weighted by molar-refractivity contribution is -0.112. The van der Waals surface area contributed by atoms with Crippen LogP contribution in [0.15, 0.2) is 78.4 Å². The van der Waals surface area contributed by atoms with Gasteiger partial charge in [-0.05, 0) is 72.3 Å². The lowest BCUT2D eigenvalue weighted by atomic mass is 10.1. The number of nitrogens with zero attached hydrogens (tertiary/aromatic N) is 1. The van der Waals surface area contributed by atoms with Crippen LogP contribution in [0.4, 0.5) is 5.69 Å². The van der Waals surface area contributed by atoms with E-state index in [2.05, 4.69) is 5.32 Å². The molecular formula is C25H18N2O6. The Bertz CT molecular complexity index is 1240. The fourth-order valence-corrected chi connectivity index (χ4v) is 2.73. The predicted octanol–water partition coefficient (Wildman–Crippen LogP) is 4.16. The molecule has 8 nitrogen and oxygen atoms in total. The first kappa shape index (κ1) is 22.8. The molecule has 3 aromatic carbocycles. The Morgan fingerprint density at radius 2 is 1.45 bits per heavy atom. The molecule has 8 heteroatoms. The lowest BCUT2D eigenvalue weighted by Gasteiger charge is -2.06. The monoisotopic (exact) mass is 442 g/mol. The number of carbonyl (C=O) groups excluding carboxylic acids is 2. The van der Waals surface area contributed by atoms with Gasteiger partial charge in [0.05, 0.1) is 18.2 Å². The summed E-state index contributed by atoms with van der Waals surface area (Å²) in [6.07, 6.45) is 1.38. The number of carboxylic acids is 1. The van der Waals surface area contributed by atoms with Crippen molar-refractivity contribution < 1.29 is 29.0 Å². The number of carboxylic acid groups (broad SMARTS) is 1. The SMILES string of the molecule is COc1ccc(C(=O)Oc2ccc(/C=C(\C#N)C(=O)Nc3ccc(C(=O)O)cc3)cc2)cc1. The van der Waals surface area contributed by atoms with E-state index in [0.29, 0.717) is 28.3 Å². The van der Waals surface area contributed by atoms with E-state index < -0.39 is 17.8 Å². The van der Waals surface area contributed by atoms with Gasteiger partial charge in [-0.3, -0.25) is 4.79 Å². The maximum atomic E-state index is 12.4. The van der Waals surface area contributed by atoms with Gasteiger partial charge in [0.1, 0.15) is 23.1 Å². The fourth-order valence-electron chi connectivity index (χ4n) is 2.73. The smallest absolute Gasteiger partial charge is 0.343 e. The van der Waals surface area contributed by atoms with Gasteiger partial charge in [-0.2, -0.15) is 5.26 Å². The molecule has 33 heavy (non-hydrogen) atoms. The molecule has 164 valence electrons. The second kappa shape index (κ2) is 10.4. The largest absolute Gasteiger partial charge is 0.497 e. The van der Waals surface area contributed by atoms with Gasteiger partial charge in [0.25, 0.3) is 5.91 Å². The van der Waals surface area contributed by atoms with Crippen LogP contribution < -0.4 is 14.8 Å². The molecular weight excluding hydrogens is 424 g/mol. The summed E-state index contributed by atoms with van der Waals surface area (Å²) < 4.78 is 10.4. The number of methoxy groups -OCH3 is 1. The molecule has 0 unspecified atom stereocenters. The van der Waals surface area contributed by atoms with E-state index in [1.54, 1.807) is 48.5 Å². The van der Waals surface area contributed by atoms with Crippen LogP contribution in [-0.4, -0.2) is 30.1 Å². The van der Waals surface area contributed by atoms with Gasteiger partial charge in [-0.25, -0.2) is 9.59 Å². The Balaban J connectivity index is 1.66. The molecule has 0 aliphatic heterocycles. The van der Waals surface area contributed by atoms with Gasteiger partial charge in [0.2, 0.25) is 0 Å². The van der Waals surface area contributed by atoms with Crippen LogP contribution >= 0.6 is 0 Å². The summed E-state index contributed by atoms with van der Waals surface area (Å²) in [6, 6.07) is 20.2. The van der Waals surface area contributed by atoms with Crippen molar-refractivity contribution in [3.8, 4) is 17.6 Å². The molecule has 0 atom stereocenters. The molecule has 3 rings (SSSR count). The van der Waals surface area contributed by atoms with Crippen molar-refractivity contribution >= 4 is 29.6 Å². The zero-order valence-corrected chi connectivity index (χ0v) is 17.4. The zero-order valence-electron chi connectivity index (χ0n) is 17.4. The highest BCUT2D eigenvalue weighted by Crippen LogP contribution is 2.18. The minimum Gasteiger partial charge on any atom is -0.497 e. The predicted molar refractivity (Wildman–Crippen MR) is 120 cm³/mol. The highest BCUT2D eigenvalue weighted by atomic mass is 16.5. The van der Waals surface area contributed by atoms with Crippen LogP contribution in [0.25, 0.3) is 6.08 Å². The first-order valence-corrected chi connectivity index (χ1v) is 9.62. The summed E-state index contributed by atoms with van der Waals surface area (Å²) in [4.78, 5) is 35.5. The lowest BCUT2D eigenvalue weighted by Crippen LogP contribution is -2.13. The van der Waals surface area contributed by atoms with E-state index in [0.717, 1.165) is 0 Å². The van der Waals surface area contributed by atoms with Crippen molar-refractivity contribution in [1.29, 1.82) is 5.26 Å². The molecule has 0 aliphatic carbocycles. The maximum absolute atomic E-state index is 12.4. The number of nitrogens with one attached hydrogen (secondary N) is 1. The fraction of sp³-hybridized carbons (Fsp3) is 0.0400. The Hall–Kier alpha value is -4.90. The highest BCUT2D eigenvalue weighted by molar-refractivity contribution is 6.09. The highest BCUT2D eigenvalue weighted by Gasteiger charge is 2.12. The van der Waals surface area contributed by atoms with Gasteiger partial charge in [0.15, 0.2) is 0 Å². The number of esters is 1. The van der Waals surface area contributed by atoms with E-state index >= 15 is 0 Å². The minimum absolute atomic E-state index is 0.0804. The Labute approximate surface area is 189 Å². The van der Waals surface area contributed by atoms with E-state index in [9.17, 15) is 19.6 Å². The Morgan fingerprint density at radius 1 is 0.879 bits per heavy atom. The quantitative estimate of drug-likeness (QED) is 0.244. The summed E-state index contributed by atoms with van der Waals surface area (Å²) in [5.74, 6) is -1.34. The van der Waals surface area contributed by atoms with Gasteiger partial charge in [0, 0.05) is 5.69 Å². The first-order chi connectivity index (χ1) is 15.9. The van der Waals surface area contributed by atoms with Gasteiger partial charge in [-0.15, -0.1) is 0 Å². The van der Waals surface area contributed by atoms with E-state index in [-0.39, 0.29) is 11.1 Å². The molecule has 1 amide bonds. The maximum Gasteiger partial charge on any atom is 0.343 e. The number of amides is 1. The average Bonchev–Trinajstić information content (AvgIpc) is 2.83. The standard InChI is InChI=1S/C25H18N2O6/c1-32-21-12-6-18(7-13-21)25(31)33-22-10-2-16(3-11-22)14-19(15-26)23(28)27-20-8-4-17(5-9-20)24(29)30/h2-14H,1H3,(H,27,28)(H,29,30)/b19-14+. The molecule has 0 aromatic heterocycles. The zero-order chi connectivity index (χ0) is 23.8.